The van der Waals surface area contributed by atoms with Gasteiger partial charge in [-0.15, -0.1) is 11.3 Å². The Hall–Kier alpha value is -2.46. The minimum absolute atomic E-state index is 0.0461. The van der Waals surface area contributed by atoms with Gasteiger partial charge < -0.3 is 5.32 Å². The Morgan fingerprint density at radius 2 is 1.72 bits per heavy atom. The molecule has 4 heteroatoms. The Labute approximate surface area is 152 Å². The van der Waals surface area contributed by atoms with Crippen LogP contribution in [0, 0.1) is 0 Å². The molecule has 0 saturated carbocycles. The summed E-state index contributed by atoms with van der Waals surface area (Å²) in [5.74, 6) is -0.0461. The molecule has 0 bridgehead atoms. The van der Waals surface area contributed by atoms with E-state index >= 15 is 0 Å². The molecule has 2 aromatic carbocycles. The van der Waals surface area contributed by atoms with Crippen LogP contribution >= 0.6 is 11.3 Å². The zero-order valence-electron chi connectivity index (χ0n) is 14.7. The van der Waals surface area contributed by atoms with Gasteiger partial charge in [0.15, 0.2) is 5.13 Å². The van der Waals surface area contributed by atoms with Crippen molar-refractivity contribution in [3.05, 3.63) is 71.1 Å². The first-order chi connectivity index (χ1) is 11.9. The van der Waals surface area contributed by atoms with Gasteiger partial charge in [0, 0.05) is 10.9 Å². The van der Waals surface area contributed by atoms with E-state index in [1.54, 1.807) is 0 Å². The van der Waals surface area contributed by atoms with Gasteiger partial charge in [-0.3, -0.25) is 4.79 Å². The molecule has 1 amide bonds. The van der Waals surface area contributed by atoms with Crippen molar-refractivity contribution in [1.29, 1.82) is 0 Å². The molecule has 25 heavy (non-hydrogen) atoms. The van der Waals surface area contributed by atoms with E-state index in [2.05, 4.69) is 55.3 Å². The van der Waals surface area contributed by atoms with Crippen LogP contribution in [-0.4, -0.2) is 10.9 Å². The van der Waals surface area contributed by atoms with Crippen molar-refractivity contribution in [2.24, 2.45) is 0 Å². The summed E-state index contributed by atoms with van der Waals surface area (Å²) in [5.41, 5.74) is 4.38. The van der Waals surface area contributed by atoms with E-state index in [4.69, 9.17) is 0 Å². The van der Waals surface area contributed by atoms with Gasteiger partial charge in [0.05, 0.1) is 12.1 Å². The number of amides is 1. The maximum absolute atomic E-state index is 12.1. The zero-order valence-corrected chi connectivity index (χ0v) is 15.6. The fourth-order valence-electron chi connectivity index (χ4n) is 2.55. The number of nitrogens with zero attached hydrogens (tertiary/aromatic N) is 1. The highest BCUT2D eigenvalue weighted by atomic mass is 32.1. The number of hydrogen-bond donors (Lipinski definition) is 1. The van der Waals surface area contributed by atoms with Crippen molar-refractivity contribution < 1.29 is 4.79 Å². The lowest BCUT2D eigenvalue weighted by molar-refractivity contribution is -0.115. The largest absolute Gasteiger partial charge is 0.302 e. The molecular formula is C21H22N2OS. The summed E-state index contributed by atoms with van der Waals surface area (Å²) < 4.78 is 0. The van der Waals surface area contributed by atoms with Gasteiger partial charge in [-0.2, -0.15) is 0 Å². The second-order valence-corrected chi connectivity index (χ2v) is 7.93. The number of nitrogens with one attached hydrogen (secondary N) is 1. The number of carbonyl (C=O) groups excluding carboxylic acids is 1. The van der Waals surface area contributed by atoms with Crippen LogP contribution in [0.5, 0.6) is 0 Å². The maximum Gasteiger partial charge on any atom is 0.230 e. The minimum Gasteiger partial charge on any atom is -0.302 e. The third kappa shape index (κ3) is 4.54. The van der Waals surface area contributed by atoms with E-state index in [0.29, 0.717) is 11.6 Å². The minimum atomic E-state index is -0.0461. The second kappa shape index (κ2) is 7.19. The van der Waals surface area contributed by atoms with Crippen LogP contribution in [0.1, 0.15) is 31.9 Å². The number of anilines is 1. The topological polar surface area (TPSA) is 42.0 Å². The standard InChI is InChI=1S/C21H22N2OS/c1-21(2,3)17-11-9-16(10-12-17)18-14-25-20(22-18)23-19(24)13-15-7-5-4-6-8-15/h4-12,14H,13H2,1-3H3,(H,22,23,24). The van der Waals surface area contributed by atoms with Crippen molar-refractivity contribution in [2.75, 3.05) is 5.32 Å². The van der Waals surface area contributed by atoms with Crippen LogP contribution in [0.25, 0.3) is 11.3 Å². The fourth-order valence-corrected chi connectivity index (χ4v) is 3.29. The molecule has 0 saturated heterocycles. The van der Waals surface area contributed by atoms with E-state index < -0.39 is 0 Å². The van der Waals surface area contributed by atoms with Gasteiger partial charge >= 0.3 is 0 Å². The van der Waals surface area contributed by atoms with Gasteiger partial charge in [0.25, 0.3) is 0 Å². The fraction of sp³-hybridized carbons (Fsp3) is 0.238. The maximum atomic E-state index is 12.1. The molecule has 0 aliphatic rings. The first-order valence-corrected chi connectivity index (χ1v) is 9.20. The lowest BCUT2D eigenvalue weighted by atomic mass is 9.86. The molecule has 3 rings (SSSR count). The van der Waals surface area contributed by atoms with Crippen molar-refractivity contribution in [3.63, 3.8) is 0 Å². The number of rotatable bonds is 4. The Balaban J connectivity index is 1.67. The quantitative estimate of drug-likeness (QED) is 0.695. The molecule has 1 aromatic heterocycles. The molecule has 3 nitrogen and oxygen atoms in total. The molecule has 0 spiro atoms. The Morgan fingerprint density at radius 1 is 1.04 bits per heavy atom. The number of benzene rings is 2. The molecule has 0 aliphatic carbocycles. The summed E-state index contributed by atoms with van der Waals surface area (Å²) in [6.45, 7) is 6.60. The van der Waals surface area contributed by atoms with Crippen molar-refractivity contribution >= 4 is 22.4 Å². The summed E-state index contributed by atoms with van der Waals surface area (Å²) in [6.07, 6.45) is 0.357. The SMILES string of the molecule is CC(C)(C)c1ccc(-c2csc(NC(=O)Cc3ccccc3)n2)cc1. The Kier molecular flexibility index (Phi) is 5.00. The smallest absolute Gasteiger partial charge is 0.230 e. The third-order valence-corrected chi connectivity index (χ3v) is 4.76. The summed E-state index contributed by atoms with van der Waals surface area (Å²) >= 11 is 1.45. The van der Waals surface area contributed by atoms with E-state index in [1.165, 1.54) is 16.9 Å². The second-order valence-electron chi connectivity index (χ2n) is 7.08. The molecule has 3 aromatic rings. The molecule has 128 valence electrons. The van der Waals surface area contributed by atoms with Gasteiger partial charge in [0.1, 0.15) is 0 Å². The lowest BCUT2D eigenvalue weighted by Crippen LogP contribution is -2.14. The van der Waals surface area contributed by atoms with Crippen LogP contribution < -0.4 is 5.32 Å². The molecule has 0 unspecified atom stereocenters. The highest BCUT2D eigenvalue weighted by Gasteiger charge is 2.14. The van der Waals surface area contributed by atoms with Crippen LogP contribution in [0.4, 0.5) is 5.13 Å². The number of aromatic nitrogens is 1. The van der Waals surface area contributed by atoms with E-state index in [0.717, 1.165) is 16.8 Å². The normalized spacial score (nSPS) is 11.3. The predicted molar refractivity (Wildman–Crippen MR) is 105 cm³/mol. The molecule has 1 N–H and O–H groups in total. The van der Waals surface area contributed by atoms with Crippen LogP contribution in [-0.2, 0) is 16.6 Å². The van der Waals surface area contributed by atoms with Crippen LogP contribution in [0.3, 0.4) is 0 Å². The van der Waals surface area contributed by atoms with Crippen molar-refractivity contribution in [3.8, 4) is 11.3 Å². The highest BCUT2D eigenvalue weighted by Crippen LogP contribution is 2.28. The number of carbonyl (C=O) groups is 1. The Bertz CT molecular complexity index is 846. The summed E-state index contributed by atoms with van der Waals surface area (Å²) in [4.78, 5) is 16.7. The van der Waals surface area contributed by atoms with E-state index in [9.17, 15) is 4.79 Å². The summed E-state index contributed by atoms with van der Waals surface area (Å²) in [5, 5.41) is 5.50. The van der Waals surface area contributed by atoms with Crippen molar-refractivity contribution in [1.82, 2.24) is 4.98 Å². The predicted octanol–water partition coefficient (Wildman–Crippen LogP) is 5.29. The average molecular weight is 350 g/mol. The molecule has 0 radical (unpaired) electrons. The van der Waals surface area contributed by atoms with E-state index in [1.807, 2.05) is 35.7 Å². The Morgan fingerprint density at radius 3 is 2.36 bits per heavy atom. The van der Waals surface area contributed by atoms with Gasteiger partial charge in [-0.1, -0.05) is 75.4 Å². The molecule has 1 heterocycles. The number of thiazole rings is 1. The average Bonchev–Trinajstić information content (AvgIpc) is 3.03. The lowest BCUT2D eigenvalue weighted by Gasteiger charge is -2.18. The monoisotopic (exact) mass is 350 g/mol. The summed E-state index contributed by atoms with van der Waals surface area (Å²) in [7, 11) is 0. The van der Waals surface area contributed by atoms with Gasteiger partial charge in [-0.05, 0) is 16.5 Å². The third-order valence-electron chi connectivity index (χ3n) is 4.00. The van der Waals surface area contributed by atoms with Crippen LogP contribution in [0.15, 0.2) is 60.0 Å². The zero-order chi connectivity index (χ0) is 17.9. The molecule has 0 aliphatic heterocycles. The number of hydrogen-bond acceptors (Lipinski definition) is 3. The van der Waals surface area contributed by atoms with Gasteiger partial charge in [-0.25, -0.2) is 4.98 Å². The molecule has 0 atom stereocenters. The first kappa shape index (κ1) is 17.4. The highest BCUT2D eigenvalue weighted by molar-refractivity contribution is 7.14. The van der Waals surface area contributed by atoms with Crippen molar-refractivity contribution in [2.45, 2.75) is 32.6 Å². The first-order valence-electron chi connectivity index (χ1n) is 8.32. The van der Waals surface area contributed by atoms with Crippen LogP contribution in [0.2, 0.25) is 0 Å². The van der Waals surface area contributed by atoms with E-state index in [-0.39, 0.29) is 11.3 Å². The molecule has 0 fully saturated rings. The van der Waals surface area contributed by atoms with Gasteiger partial charge in [0.2, 0.25) is 5.91 Å². The summed E-state index contributed by atoms with van der Waals surface area (Å²) in [6, 6.07) is 18.2. The molecular weight excluding hydrogens is 328 g/mol.